The zero-order valence-corrected chi connectivity index (χ0v) is 11.7. The first-order valence-corrected chi connectivity index (χ1v) is 6.53. The van der Waals surface area contributed by atoms with Gasteiger partial charge in [-0.3, -0.25) is 9.69 Å². The molecule has 0 bridgehead atoms. The first-order valence-electron chi connectivity index (χ1n) is 6.53. The number of phenols is 1. The Morgan fingerprint density at radius 2 is 2.10 bits per heavy atom. The maximum atomic E-state index is 12.1. The number of benzene rings is 1. The van der Waals surface area contributed by atoms with Crippen LogP contribution >= 0.6 is 0 Å². The van der Waals surface area contributed by atoms with Crippen molar-refractivity contribution in [1.82, 2.24) is 5.32 Å². The number of carbonyl (C=O) groups is 2. The number of carboxylic acids is 1. The van der Waals surface area contributed by atoms with Crippen LogP contribution in [0.25, 0.3) is 0 Å². The minimum absolute atomic E-state index is 0.0136. The number of carboxylic acid groups (broad SMARTS) is 1. The van der Waals surface area contributed by atoms with Crippen molar-refractivity contribution < 1.29 is 19.8 Å². The molecule has 0 aromatic heterocycles. The molecule has 0 heterocycles. The first kappa shape index (κ1) is 15.8. The minimum atomic E-state index is -0.883. The molecule has 0 aliphatic rings. The molecule has 0 saturated carbocycles. The topological polar surface area (TPSA) is 89.9 Å². The number of urea groups is 1. The number of aromatic hydroxyl groups is 1. The van der Waals surface area contributed by atoms with Crippen molar-refractivity contribution in [1.29, 1.82) is 0 Å². The Hall–Kier alpha value is -2.24. The van der Waals surface area contributed by atoms with Crippen LogP contribution in [0.2, 0.25) is 0 Å². The number of rotatable bonds is 6. The van der Waals surface area contributed by atoms with Crippen LogP contribution in [0.15, 0.2) is 24.3 Å². The number of aliphatic carboxylic acids is 1. The largest absolute Gasteiger partial charge is 0.508 e. The molecule has 0 spiro atoms. The molecule has 0 aliphatic heterocycles. The van der Waals surface area contributed by atoms with E-state index in [0.29, 0.717) is 18.7 Å². The Labute approximate surface area is 118 Å². The summed E-state index contributed by atoms with van der Waals surface area (Å²) in [6.45, 7) is 4.03. The van der Waals surface area contributed by atoms with Gasteiger partial charge in [0.2, 0.25) is 0 Å². The van der Waals surface area contributed by atoms with Gasteiger partial charge < -0.3 is 15.5 Å². The summed E-state index contributed by atoms with van der Waals surface area (Å²) >= 11 is 0. The number of hydrogen-bond donors (Lipinski definition) is 3. The summed E-state index contributed by atoms with van der Waals surface area (Å²) in [4.78, 5) is 24.1. The van der Waals surface area contributed by atoms with Crippen molar-refractivity contribution in [3.05, 3.63) is 24.3 Å². The average Bonchev–Trinajstić information content (AvgIpc) is 2.37. The monoisotopic (exact) mass is 280 g/mol. The lowest BCUT2D eigenvalue weighted by Gasteiger charge is -2.24. The molecule has 0 radical (unpaired) electrons. The zero-order valence-electron chi connectivity index (χ0n) is 11.7. The predicted molar refractivity (Wildman–Crippen MR) is 76.0 cm³/mol. The Bertz CT molecular complexity index is 476. The van der Waals surface area contributed by atoms with E-state index in [4.69, 9.17) is 5.11 Å². The van der Waals surface area contributed by atoms with Crippen LogP contribution in [-0.2, 0) is 4.79 Å². The van der Waals surface area contributed by atoms with Gasteiger partial charge in [-0.1, -0.05) is 6.07 Å². The maximum Gasteiger partial charge on any atom is 0.322 e. The number of nitrogens with one attached hydrogen (secondary N) is 1. The lowest BCUT2D eigenvalue weighted by atomic mass is 10.2. The van der Waals surface area contributed by atoms with Crippen LogP contribution in [0, 0.1) is 0 Å². The lowest BCUT2D eigenvalue weighted by molar-refractivity contribution is -0.137. The van der Waals surface area contributed by atoms with Gasteiger partial charge in [0.15, 0.2) is 0 Å². The second kappa shape index (κ2) is 7.37. The second-order valence-electron chi connectivity index (χ2n) is 4.55. The first-order chi connectivity index (χ1) is 9.43. The molecule has 1 aromatic rings. The third-order valence-electron chi connectivity index (χ3n) is 2.86. The number of carbonyl (C=O) groups excluding carboxylic acids is 1. The van der Waals surface area contributed by atoms with E-state index in [0.717, 1.165) is 0 Å². The van der Waals surface area contributed by atoms with Gasteiger partial charge in [-0.25, -0.2) is 4.79 Å². The predicted octanol–water partition coefficient (Wildman–Crippen LogP) is 2.18. The third-order valence-corrected chi connectivity index (χ3v) is 2.86. The smallest absolute Gasteiger partial charge is 0.322 e. The molecule has 1 rings (SSSR count). The molecule has 6 heteroatoms. The molecule has 0 aliphatic carbocycles. The molecule has 110 valence electrons. The van der Waals surface area contributed by atoms with Crippen LogP contribution in [0.3, 0.4) is 0 Å². The summed E-state index contributed by atoms with van der Waals surface area (Å²) in [5.74, 6) is -0.792. The lowest BCUT2D eigenvalue weighted by Crippen LogP contribution is -2.44. The van der Waals surface area contributed by atoms with E-state index < -0.39 is 5.97 Å². The fourth-order valence-electron chi connectivity index (χ4n) is 1.81. The molecule has 0 saturated heterocycles. The standard InChI is InChI=1S/C14H20N2O4/c1-3-16(11-5-4-6-12(17)9-11)14(20)15-10(2)7-8-13(18)19/h4-6,9-10,17H,3,7-8H2,1-2H3,(H,15,20)(H,18,19). The summed E-state index contributed by atoms with van der Waals surface area (Å²) in [6, 6.07) is 5.88. The molecule has 1 unspecified atom stereocenters. The van der Waals surface area contributed by atoms with Gasteiger partial charge in [0, 0.05) is 30.8 Å². The van der Waals surface area contributed by atoms with Crippen molar-refractivity contribution >= 4 is 17.7 Å². The molecule has 6 nitrogen and oxygen atoms in total. The van der Waals surface area contributed by atoms with Crippen molar-refractivity contribution in [2.24, 2.45) is 0 Å². The highest BCUT2D eigenvalue weighted by atomic mass is 16.4. The highest BCUT2D eigenvalue weighted by Crippen LogP contribution is 2.20. The van der Waals surface area contributed by atoms with E-state index >= 15 is 0 Å². The van der Waals surface area contributed by atoms with Gasteiger partial charge in [0.05, 0.1) is 0 Å². The molecule has 3 N–H and O–H groups in total. The summed E-state index contributed by atoms with van der Waals surface area (Å²) in [7, 11) is 0. The van der Waals surface area contributed by atoms with Gasteiger partial charge >= 0.3 is 12.0 Å². The summed E-state index contributed by atoms with van der Waals surface area (Å²) in [5, 5.41) is 20.8. The highest BCUT2D eigenvalue weighted by Gasteiger charge is 2.16. The van der Waals surface area contributed by atoms with Gasteiger partial charge in [-0.15, -0.1) is 0 Å². The van der Waals surface area contributed by atoms with Crippen molar-refractivity contribution in [3.8, 4) is 5.75 Å². The van der Waals surface area contributed by atoms with E-state index in [1.165, 1.54) is 17.0 Å². The summed E-state index contributed by atoms with van der Waals surface area (Å²) in [5.41, 5.74) is 0.593. The van der Waals surface area contributed by atoms with Gasteiger partial charge in [-0.2, -0.15) is 0 Å². The Kier molecular flexibility index (Phi) is 5.83. The highest BCUT2D eigenvalue weighted by molar-refractivity contribution is 5.92. The van der Waals surface area contributed by atoms with Gasteiger partial charge in [0.25, 0.3) is 0 Å². The normalized spacial score (nSPS) is 11.7. The average molecular weight is 280 g/mol. The van der Waals surface area contributed by atoms with E-state index in [1.54, 1.807) is 19.1 Å². The SMILES string of the molecule is CCN(C(=O)NC(C)CCC(=O)O)c1cccc(O)c1. The van der Waals surface area contributed by atoms with Crippen LogP contribution < -0.4 is 10.2 Å². The number of amides is 2. The molecule has 0 fully saturated rings. The van der Waals surface area contributed by atoms with Gasteiger partial charge in [-0.05, 0) is 32.4 Å². The van der Waals surface area contributed by atoms with E-state index in [1.807, 2.05) is 6.92 Å². The van der Waals surface area contributed by atoms with Crippen LogP contribution in [0.1, 0.15) is 26.7 Å². The molecule has 20 heavy (non-hydrogen) atoms. The molecule has 2 amide bonds. The van der Waals surface area contributed by atoms with Crippen LogP contribution in [-0.4, -0.2) is 34.8 Å². The number of nitrogens with zero attached hydrogens (tertiary/aromatic N) is 1. The number of hydrogen-bond acceptors (Lipinski definition) is 3. The molecular weight excluding hydrogens is 260 g/mol. The maximum absolute atomic E-state index is 12.1. The Morgan fingerprint density at radius 1 is 1.40 bits per heavy atom. The van der Waals surface area contributed by atoms with Gasteiger partial charge in [0.1, 0.15) is 5.75 Å². The minimum Gasteiger partial charge on any atom is -0.508 e. The Balaban J connectivity index is 2.65. The van der Waals surface area contributed by atoms with E-state index in [9.17, 15) is 14.7 Å². The third kappa shape index (κ3) is 4.79. The van der Waals surface area contributed by atoms with Crippen LogP contribution in [0.5, 0.6) is 5.75 Å². The number of phenolic OH excluding ortho intramolecular Hbond substituents is 1. The fourth-order valence-corrected chi connectivity index (χ4v) is 1.81. The Morgan fingerprint density at radius 3 is 2.65 bits per heavy atom. The summed E-state index contributed by atoms with van der Waals surface area (Å²) < 4.78 is 0. The molecule has 1 atom stereocenters. The zero-order chi connectivity index (χ0) is 15.1. The number of anilines is 1. The van der Waals surface area contributed by atoms with Crippen molar-refractivity contribution in [2.45, 2.75) is 32.7 Å². The molecular formula is C14H20N2O4. The van der Waals surface area contributed by atoms with Crippen molar-refractivity contribution in [2.75, 3.05) is 11.4 Å². The summed E-state index contributed by atoms with van der Waals surface area (Å²) in [6.07, 6.45) is 0.387. The van der Waals surface area contributed by atoms with Crippen molar-refractivity contribution in [3.63, 3.8) is 0 Å². The second-order valence-corrected chi connectivity index (χ2v) is 4.55. The molecule has 1 aromatic carbocycles. The fraction of sp³-hybridized carbons (Fsp3) is 0.429. The van der Waals surface area contributed by atoms with E-state index in [2.05, 4.69) is 5.32 Å². The quantitative estimate of drug-likeness (QED) is 0.745. The van der Waals surface area contributed by atoms with E-state index in [-0.39, 0.29) is 24.2 Å². The van der Waals surface area contributed by atoms with Crippen LogP contribution in [0.4, 0.5) is 10.5 Å².